The molecule has 0 unspecified atom stereocenters. The summed E-state index contributed by atoms with van der Waals surface area (Å²) in [6, 6.07) is 11.6. The predicted octanol–water partition coefficient (Wildman–Crippen LogP) is 5.43. The third-order valence-electron chi connectivity index (χ3n) is 6.10. The summed E-state index contributed by atoms with van der Waals surface area (Å²) in [6.07, 6.45) is -2.85. The van der Waals surface area contributed by atoms with Gasteiger partial charge in [0.25, 0.3) is 0 Å². The Hall–Kier alpha value is -3.55. The van der Waals surface area contributed by atoms with Crippen molar-refractivity contribution in [3.8, 4) is 5.75 Å². The number of nitrogens with one attached hydrogen (secondary N) is 1. The van der Waals surface area contributed by atoms with Crippen molar-refractivity contribution >= 4 is 11.8 Å². The summed E-state index contributed by atoms with van der Waals surface area (Å²) in [6.45, 7) is 1.71. The molecule has 2 aromatic carbocycles. The highest BCUT2D eigenvalue weighted by atomic mass is 19.4. The van der Waals surface area contributed by atoms with Crippen LogP contribution < -0.4 is 10.1 Å². The molecule has 34 heavy (non-hydrogen) atoms. The minimum Gasteiger partial charge on any atom is -0.497 e. The van der Waals surface area contributed by atoms with Crippen molar-refractivity contribution in [1.82, 2.24) is 5.32 Å². The monoisotopic (exact) mass is 471 g/mol. The molecular weight excluding hydrogens is 447 g/mol. The number of carbonyl (C=O) groups excluding carboxylic acids is 2. The summed E-state index contributed by atoms with van der Waals surface area (Å²) >= 11 is 0. The van der Waals surface area contributed by atoms with E-state index in [1.54, 1.807) is 38.3 Å². The lowest BCUT2D eigenvalue weighted by Gasteiger charge is -2.34. The van der Waals surface area contributed by atoms with Gasteiger partial charge in [0, 0.05) is 29.3 Å². The van der Waals surface area contributed by atoms with Crippen LogP contribution in [-0.2, 0) is 27.1 Å². The molecule has 1 N–H and O–H groups in total. The van der Waals surface area contributed by atoms with Crippen LogP contribution in [0.5, 0.6) is 5.75 Å². The van der Waals surface area contributed by atoms with Crippen molar-refractivity contribution in [2.75, 3.05) is 7.11 Å². The SMILES string of the molecule is COc1ccc(COC(=O)C2=C(C)NC3=C(C(=O)CCC3)[C@@H]2c2ccc(C(F)(F)F)cc2)cc1. The molecule has 2 aliphatic rings. The molecule has 0 radical (unpaired) electrons. The number of halogens is 3. The Morgan fingerprint density at radius 3 is 2.35 bits per heavy atom. The number of ketones is 1. The van der Waals surface area contributed by atoms with Gasteiger partial charge in [-0.25, -0.2) is 4.79 Å². The summed E-state index contributed by atoms with van der Waals surface area (Å²) in [5.74, 6) is -0.875. The number of Topliss-reactive ketones (excluding diaryl/α,β-unsaturated/α-hetero) is 1. The molecule has 5 nitrogen and oxygen atoms in total. The maximum atomic E-state index is 13.2. The first-order valence-corrected chi connectivity index (χ1v) is 10.9. The van der Waals surface area contributed by atoms with Crippen molar-refractivity contribution in [3.05, 3.63) is 87.8 Å². The lowest BCUT2D eigenvalue weighted by molar-refractivity contribution is -0.141. The van der Waals surface area contributed by atoms with Crippen molar-refractivity contribution in [2.45, 2.75) is 44.9 Å². The number of alkyl halides is 3. The summed E-state index contributed by atoms with van der Waals surface area (Å²) in [5, 5.41) is 3.17. The van der Waals surface area contributed by atoms with Crippen LogP contribution in [0.2, 0.25) is 0 Å². The van der Waals surface area contributed by atoms with Gasteiger partial charge in [-0.15, -0.1) is 0 Å². The second-order valence-electron chi connectivity index (χ2n) is 8.31. The molecule has 178 valence electrons. The van der Waals surface area contributed by atoms with E-state index >= 15 is 0 Å². The molecule has 0 saturated carbocycles. The molecule has 0 bridgehead atoms. The molecule has 1 heterocycles. The van der Waals surface area contributed by atoms with E-state index in [9.17, 15) is 22.8 Å². The highest BCUT2D eigenvalue weighted by molar-refractivity contribution is 6.03. The fourth-order valence-corrected chi connectivity index (χ4v) is 4.40. The number of carbonyl (C=O) groups is 2. The number of hydrogen-bond acceptors (Lipinski definition) is 5. The van der Waals surface area contributed by atoms with Crippen LogP contribution in [0.4, 0.5) is 13.2 Å². The van der Waals surface area contributed by atoms with Gasteiger partial charge in [-0.1, -0.05) is 24.3 Å². The van der Waals surface area contributed by atoms with E-state index in [0.717, 1.165) is 17.7 Å². The van der Waals surface area contributed by atoms with E-state index in [-0.39, 0.29) is 18.0 Å². The quantitative estimate of drug-likeness (QED) is 0.590. The van der Waals surface area contributed by atoms with Crippen LogP contribution in [-0.4, -0.2) is 18.9 Å². The second-order valence-corrected chi connectivity index (χ2v) is 8.31. The lowest BCUT2D eigenvalue weighted by Crippen LogP contribution is -2.34. The third kappa shape index (κ3) is 4.71. The Morgan fingerprint density at radius 1 is 1.06 bits per heavy atom. The van der Waals surface area contributed by atoms with Crippen LogP contribution in [0.15, 0.2) is 71.1 Å². The van der Waals surface area contributed by atoms with Crippen LogP contribution >= 0.6 is 0 Å². The number of rotatable bonds is 5. The van der Waals surface area contributed by atoms with E-state index in [1.807, 2.05) is 0 Å². The number of methoxy groups -OCH3 is 1. The number of esters is 1. The topological polar surface area (TPSA) is 64.6 Å². The molecule has 0 spiro atoms. The third-order valence-corrected chi connectivity index (χ3v) is 6.10. The zero-order chi connectivity index (χ0) is 24.5. The van der Waals surface area contributed by atoms with Gasteiger partial charge in [-0.2, -0.15) is 13.2 Å². The maximum Gasteiger partial charge on any atom is 0.416 e. The van der Waals surface area contributed by atoms with E-state index in [2.05, 4.69) is 5.32 Å². The first-order chi connectivity index (χ1) is 16.2. The average Bonchev–Trinajstić information content (AvgIpc) is 2.81. The van der Waals surface area contributed by atoms with Gasteiger partial charge in [-0.3, -0.25) is 4.79 Å². The van der Waals surface area contributed by atoms with Crippen LogP contribution in [0.25, 0.3) is 0 Å². The average molecular weight is 471 g/mol. The number of dihydropyridines is 1. The Labute approximate surface area is 195 Å². The van der Waals surface area contributed by atoms with Gasteiger partial charge in [0.15, 0.2) is 5.78 Å². The van der Waals surface area contributed by atoms with Crippen molar-refractivity contribution in [1.29, 1.82) is 0 Å². The van der Waals surface area contributed by atoms with E-state index in [0.29, 0.717) is 47.5 Å². The number of benzene rings is 2. The minimum absolute atomic E-state index is 0.000803. The number of allylic oxidation sites excluding steroid dienone is 3. The fourth-order valence-electron chi connectivity index (χ4n) is 4.40. The van der Waals surface area contributed by atoms with Crippen LogP contribution in [0.3, 0.4) is 0 Å². The first-order valence-electron chi connectivity index (χ1n) is 10.9. The van der Waals surface area contributed by atoms with Crippen molar-refractivity contribution < 1.29 is 32.2 Å². The van der Waals surface area contributed by atoms with E-state index in [1.165, 1.54) is 12.1 Å². The predicted molar refractivity (Wildman–Crippen MR) is 119 cm³/mol. The van der Waals surface area contributed by atoms with Gasteiger partial charge < -0.3 is 14.8 Å². The molecule has 4 rings (SSSR count). The molecule has 0 aromatic heterocycles. The zero-order valence-corrected chi connectivity index (χ0v) is 18.8. The Bertz CT molecular complexity index is 1160. The van der Waals surface area contributed by atoms with Gasteiger partial charge in [0.05, 0.1) is 18.2 Å². The first kappa shape index (κ1) is 23.6. The van der Waals surface area contributed by atoms with E-state index < -0.39 is 23.6 Å². The normalized spacial score (nSPS) is 18.4. The summed E-state index contributed by atoms with van der Waals surface area (Å²) in [5.41, 5.74) is 2.28. The molecule has 1 aliphatic heterocycles. The minimum atomic E-state index is -4.48. The Balaban J connectivity index is 1.67. The molecule has 1 atom stereocenters. The standard InChI is InChI=1S/C26H24F3NO4/c1-15-22(25(32)34-14-16-6-12-19(33-2)13-7-16)23(24-20(30-15)4-3-5-21(24)31)17-8-10-18(11-9-17)26(27,28)29/h6-13,23,30H,3-5,14H2,1-2H3/t23-/m1/s1. The second kappa shape index (κ2) is 9.37. The Morgan fingerprint density at radius 2 is 1.74 bits per heavy atom. The molecule has 8 heteroatoms. The lowest BCUT2D eigenvalue weighted by atomic mass is 9.75. The summed E-state index contributed by atoms with van der Waals surface area (Å²) in [4.78, 5) is 26.1. The fraction of sp³-hybridized carbons (Fsp3) is 0.308. The number of hydrogen-bond donors (Lipinski definition) is 1. The molecule has 1 aliphatic carbocycles. The highest BCUT2D eigenvalue weighted by Gasteiger charge is 2.39. The highest BCUT2D eigenvalue weighted by Crippen LogP contribution is 2.43. The van der Waals surface area contributed by atoms with Gasteiger partial charge >= 0.3 is 12.1 Å². The maximum absolute atomic E-state index is 13.2. The Kier molecular flexibility index (Phi) is 6.50. The van der Waals surface area contributed by atoms with Crippen LogP contribution in [0, 0.1) is 0 Å². The molecule has 0 saturated heterocycles. The van der Waals surface area contributed by atoms with Gasteiger partial charge in [-0.05, 0) is 55.2 Å². The zero-order valence-electron chi connectivity index (χ0n) is 18.8. The van der Waals surface area contributed by atoms with Gasteiger partial charge in [0.1, 0.15) is 12.4 Å². The smallest absolute Gasteiger partial charge is 0.416 e. The molecule has 2 aromatic rings. The van der Waals surface area contributed by atoms with Crippen molar-refractivity contribution in [2.24, 2.45) is 0 Å². The summed E-state index contributed by atoms with van der Waals surface area (Å²) < 4.78 is 50.0. The molecular formula is C26H24F3NO4. The largest absolute Gasteiger partial charge is 0.497 e. The molecule has 0 amide bonds. The van der Waals surface area contributed by atoms with Gasteiger partial charge in [0.2, 0.25) is 0 Å². The molecule has 0 fully saturated rings. The van der Waals surface area contributed by atoms with Crippen molar-refractivity contribution in [3.63, 3.8) is 0 Å². The van der Waals surface area contributed by atoms with E-state index in [4.69, 9.17) is 9.47 Å². The summed E-state index contributed by atoms with van der Waals surface area (Å²) in [7, 11) is 1.55. The van der Waals surface area contributed by atoms with Crippen LogP contribution in [0.1, 0.15) is 48.8 Å². The number of ether oxygens (including phenoxy) is 2.